The van der Waals surface area contributed by atoms with Crippen LogP contribution in [-0.4, -0.2) is 20.6 Å². The van der Waals surface area contributed by atoms with Crippen molar-refractivity contribution in [2.75, 3.05) is 0 Å². The van der Waals surface area contributed by atoms with Gasteiger partial charge in [0.15, 0.2) is 0 Å². The Kier molecular flexibility index (Phi) is 4.65. The highest BCUT2D eigenvalue weighted by atomic mass is 19.1. The fourth-order valence-electron chi connectivity index (χ4n) is 2.77. The minimum Gasteiger partial charge on any atom is -0.361 e. The van der Waals surface area contributed by atoms with E-state index in [2.05, 4.69) is 15.5 Å². The van der Waals surface area contributed by atoms with Crippen LogP contribution in [-0.2, 0) is 18.3 Å². The molecule has 1 aromatic carbocycles. The van der Waals surface area contributed by atoms with Gasteiger partial charge in [0.2, 0.25) is 5.91 Å². The fraction of sp³-hybridized carbons (Fsp3) is 0.278. The Balaban J connectivity index is 1.88. The maximum atomic E-state index is 13.7. The topological polar surface area (TPSA) is 73.0 Å². The van der Waals surface area contributed by atoms with E-state index in [-0.39, 0.29) is 18.1 Å². The molecule has 0 radical (unpaired) electrons. The average Bonchev–Trinajstić information content (AvgIpc) is 3.13. The van der Waals surface area contributed by atoms with Crippen LogP contribution < -0.4 is 5.32 Å². The van der Waals surface area contributed by atoms with Crippen molar-refractivity contribution in [2.45, 2.75) is 26.3 Å². The van der Waals surface area contributed by atoms with Gasteiger partial charge in [-0.2, -0.15) is 0 Å². The molecule has 0 aliphatic rings. The number of aromatic nitrogens is 3. The Bertz CT molecular complexity index is 881. The highest BCUT2D eigenvalue weighted by molar-refractivity contribution is 5.79. The Hall–Kier alpha value is -2.96. The number of amides is 1. The van der Waals surface area contributed by atoms with Gasteiger partial charge in [-0.05, 0) is 31.5 Å². The van der Waals surface area contributed by atoms with Gasteiger partial charge in [-0.3, -0.25) is 4.79 Å². The number of hydrogen-bond acceptors (Lipinski definition) is 4. The molecule has 25 heavy (non-hydrogen) atoms. The molecule has 1 atom stereocenters. The molecule has 1 N–H and O–H groups in total. The van der Waals surface area contributed by atoms with E-state index in [1.54, 1.807) is 42.9 Å². The third kappa shape index (κ3) is 3.60. The lowest BCUT2D eigenvalue weighted by atomic mass is 10.0. The van der Waals surface area contributed by atoms with E-state index in [9.17, 15) is 9.18 Å². The smallest absolute Gasteiger partial charge is 0.225 e. The van der Waals surface area contributed by atoms with Crippen LogP contribution >= 0.6 is 0 Å². The molecule has 3 aromatic rings. The van der Waals surface area contributed by atoms with Crippen molar-refractivity contribution in [3.8, 4) is 0 Å². The van der Waals surface area contributed by atoms with E-state index in [0.717, 1.165) is 5.56 Å². The number of carbonyl (C=O) groups excluding carboxylic acids is 1. The van der Waals surface area contributed by atoms with Gasteiger partial charge in [0.25, 0.3) is 0 Å². The number of nitrogens with zero attached hydrogens (tertiary/aromatic N) is 3. The second-order valence-corrected chi connectivity index (χ2v) is 5.93. The Labute approximate surface area is 144 Å². The SMILES string of the molecule is Cc1noc(C)c1CC(=O)NC(c1cccc(F)c1)c1nccn1C. The van der Waals surface area contributed by atoms with Crippen LogP contribution in [0.5, 0.6) is 0 Å². The molecule has 0 aliphatic carbocycles. The molecule has 6 nitrogen and oxygen atoms in total. The summed E-state index contributed by atoms with van der Waals surface area (Å²) in [5.74, 6) is 0.660. The molecule has 7 heteroatoms. The number of halogens is 1. The predicted octanol–water partition coefficient (Wildman–Crippen LogP) is 2.61. The van der Waals surface area contributed by atoms with Crippen LogP contribution in [0.3, 0.4) is 0 Å². The first-order valence-corrected chi connectivity index (χ1v) is 7.89. The van der Waals surface area contributed by atoms with Crippen molar-refractivity contribution in [3.05, 3.63) is 70.9 Å². The Morgan fingerprint density at radius 3 is 2.80 bits per heavy atom. The van der Waals surface area contributed by atoms with Crippen LogP contribution in [0.2, 0.25) is 0 Å². The number of rotatable bonds is 5. The maximum absolute atomic E-state index is 13.7. The minimum absolute atomic E-state index is 0.136. The average molecular weight is 342 g/mol. The summed E-state index contributed by atoms with van der Waals surface area (Å²) in [6, 6.07) is 5.59. The van der Waals surface area contributed by atoms with E-state index >= 15 is 0 Å². The lowest BCUT2D eigenvalue weighted by Gasteiger charge is -2.19. The molecule has 0 saturated heterocycles. The summed E-state index contributed by atoms with van der Waals surface area (Å²) in [6.45, 7) is 3.56. The summed E-state index contributed by atoms with van der Waals surface area (Å²) in [5.41, 5.74) is 2.07. The molecule has 2 heterocycles. The third-order valence-electron chi connectivity index (χ3n) is 4.12. The number of aryl methyl sites for hydroxylation is 3. The van der Waals surface area contributed by atoms with Gasteiger partial charge < -0.3 is 14.4 Å². The minimum atomic E-state index is -0.552. The van der Waals surface area contributed by atoms with Crippen LogP contribution in [0, 0.1) is 19.7 Å². The van der Waals surface area contributed by atoms with Crippen molar-refractivity contribution in [1.29, 1.82) is 0 Å². The zero-order valence-corrected chi connectivity index (χ0v) is 14.3. The maximum Gasteiger partial charge on any atom is 0.225 e. The second-order valence-electron chi connectivity index (χ2n) is 5.93. The largest absolute Gasteiger partial charge is 0.361 e. The van der Waals surface area contributed by atoms with Crippen LogP contribution in [0.25, 0.3) is 0 Å². The molecule has 2 aromatic heterocycles. The monoisotopic (exact) mass is 342 g/mol. The molecule has 0 fully saturated rings. The summed E-state index contributed by atoms with van der Waals surface area (Å²) in [5, 5.41) is 6.80. The van der Waals surface area contributed by atoms with E-state index in [4.69, 9.17) is 4.52 Å². The molecular formula is C18H19FN4O2. The standard InChI is InChI=1S/C18H19FN4O2/c1-11-15(12(2)25-22-11)10-16(24)21-17(18-20-7-8-23(18)3)13-5-4-6-14(19)9-13/h4-9,17H,10H2,1-3H3,(H,21,24). The summed E-state index contributed by atoms with van der Waals surface area (Å²) in [6.07, 6.45) is 3.56. The lowest BCUT2D eigenvalue weighted by Crippen LogP contribution is -2.32. The van der Waals surface area contributed by atoms with Gasteiger partial charge >= 0.3 is 0 Å². The summed E-state index contributed by atoms with van der Waals surface area (Å²) in [7, 11) is 1.83. The Morgan fingerprint density at radius 1 is 1.40 bits per heavy atom. The molecule has 3 rings (SSSR count). The predicted molar refractivity (Wildman–Crippen MR) is 89.3 cm³/mol. The van der Waals surface area contributed by atoms with Crippen molar-refractivity contribution in [3.63, 3.8) is 0 Å². The molecular weight excluding hydrogens is 323 g/mol. The van der Waals surface area contributed by atoms with E-state index in [0.29, 0.717) is 22.8 Å². The number of benzene rings is 1. The first-order valence-electron chi connectivity index (χ1n) is 7.89. The van der Waals surface area contributed by atoms with Gasteiger partial charge in [-0.1, -0.05) is 17.3 Å². The van der Waals surface area contributed by atoms with Gasteiger partial charge in [0.05, 0.1) is 12.1 Å². The van der Waals surface area contributed by atoms with Crippen LogP contribution in [0.1, 0.15) is 34.4 Å². The number of nitrogens with one attached hydrogen (secondary N) is 1. The van der Waals surface area contributed by atoms with Crippen molar-refractivity contribution >= 4 is 5.91 Å². The van der Waals surface area contributed by atoms with Crippen molar-refractivity contribution in [1.82, 2.24) is 20.0 Å². The summed E-state index contributed by atoms with van der Waals surface area (Å²) in [4.78, 5) is 16.9. The lowest BCUT2D eigenvalue weighted by molar-refractivity contribution is -0.121. The highest BCUT2D eigenvalue weighted by Crippen LogP contribution is 2.22. The third-order valence-corrected chi connectivity index (χ3v) is 4.12. The normalized spacial score (nSPS) is 12.2. The zero-order valence-electron chi connectivity index (χ0n) is 14.3. The van der Waals surface area contributed by atoms with Gasteiger partial charge in [0, 0.05) is 25.0 Å². The van der Waals surface area contributed by atoms with Crippen molar-refractivity contribution < 1.29 is 13.7 Å². The van der Waals surface area contributed by atoms with Gasteiger partial charge in [0.1, 0.15) is 23.4 Å². The van der Waals surface area contributed by atoms with Crippen LogP contribution in [0.15, 0.2) is 41.2 Å². The van der Waals surface area contributed by atoms with Crippen LogP contribution in [0.4, 0.5) is 4.39 Å². The number of imidazole rings is 1. The Morgan fingerprint density at radius 2 is 2.20 bits per heavy atom. The molecule has 0 spiro atoms. The molecule has 1 amide bonds. The molecule has 0 saturated carbocycles. The molecule has 0 bridgehead atoms. The van der Waals surface area contributed by atoms with Crippen molar-refractivity contribution in [2.24, 2.45) is 7.05 Å². The van der Waals surface area contributed by atoms with Gasteiger partial charge in [-0.15, -0.1) is 0 Å². The molecule has 0 aliphatic heterocycles. The van der Waals surface area contributed by atoms with E-state index in [1.165, 1.54) is 12.1 Å². The van der Waals surface area contributed by atoms with E-state index in [1.807, 2.05) is 7.05 Å². The summed E-state index contributed by atoms with van der Waals surface area (Å²) < 4.78 is 20.6. The second kappa shape index (κ2) is 6.88. The van der Waals surface area contributed by atoms with Gasteiger partial charge in [-0.25, -0.2) is 9.37 Å². The highest BCUT2D eigenvalue weighted by Gasteiger charge is 2.22. The molecule has 1 unspecified atom stereocenters. The quantitative estimate of drug-likeness (QED) is 0.773. The zero-order chi connectivity index (χ0) is 18.0. The first-order chi connectivity index (χ1) is 12.0. The first kappa shape index (κ1) is 16.9. The summed E-state index contributed by atoms with van der Waals surface area (Å²) >= 11 is 0. The number of hydrogen-bond donors (Lipinski definition) is 1. The number of carbonyl (C=O) groups is 1. The molecule has 130 valence electrons. The fourth-order valence-corrected chi connectivity index (χ4v) is 2.77. The van der Waals surface area contributed by atoms with E-state index < -0.39 is 6.04 Å².